The predicted octanol–water partition coefficient (Wildman–Crippen LogP) is 2.21. The lowest BCUT2D eigenvalue weighted by Gasteiger charge is -2.09. The number of aromatic nitrogens is 1. The first kappa shape index (κ1) is 11.4. The van der Waals surface area contributed by atoms with Gasteiger partial charge in [-0.05, 0) is 13.8 Å². The van der Waals surface area contributed by atoms with Crippen molar-refractivity contribution in [1.29, 1.82) is 5.26 Å². The first-order valence-corrected chi connectivity index (χ1v) is 4.34. The summed E-state index contributed by atoms with van der Waals surface area (Å²) in [6.45, 7) is 2.64. The lowest BCUT2D eigenvalue weighted by molar-refractivity contribution is 0.0816. The van der Waals surface area contributed by atoms with Gasteiger partial charge in [0.2, 0.25) is 0 Å². The lowest BCUT2D eigenvalue weighted by atomic mass is 10.2. The van der Waals surface area contributed by atoms with Gasteiger partial charge in [0.05, 0.1) is 5.69 Å². The monoisotopic (exact) mass is 212 g/mol. The Morgan fingerprint density at radius 1 is 1.53 bits per heavy atom. The molecule has 0 N–H and O–H groups in total. The summed E-state index contributed by atoms with van der Waals surface area (Å²) >= 11 is 0. The van der Waals surface area contributed by atoms with Crippen LogP contribution in [0.15, 0.2) is 6.07 Å². The second-order valence-corrected chi connectivity index (χ2v) is 3.04. The van der Waals surface area contributed by atoms with Crippen LogP contribution in [0.1, 0.15) is 17.0 Å². The molecule has 0 unspecified atom stereocenters. The van der Waals surface area contributed by atoms with Gasteiger partial charge in [-0.25, -0.2) is 8.78 Å². The molecule has 0 amide bonds. The van der Waals surface area contributed by atoms with E-state index < -0.39 is 13.0 Å². The molecule has 0 aliphatic carbocycles. The second-order valence-electron chi connectivity index (χ2n) is 3.04. The van der Waals surface area contributed by atoms with Gasteiger partial charge in [0.15, 0.2) is 0 Å². The molecule has 0 aromatic carbocycles. The van der Waals surface area contributed by atoms with Crippen molar-refractivity contribution in [2.45, 2.75) is 20.3 Å². The maximum absolute atomic E-state index is 11.9. The average molecular weight is 212 g/mol. The van der Waals surface area contributed by atoms with Gasteiger partial charge in [-0.3, -0.25) is 4.98 Å². The highest BCUT2D eigenvalue weighted by Gasteiger charge is 2.11. The number of alkyl halides is 2. The van der Waals surface area contributed by atoms with Crippen LogP contribution in [0.5, 0.6) is 5.75 Å². The van der Waals surface area contributed by atoms with Gasteiger partial charge in [0.1, 0.15) is 24.0 Å². The van der Waals surface area contributed by atoms with E-state index in [1.54, 1.807) is 13.8 Å². The molecular formula is C10H10F2N2O. The molecule has 0 aliphatic rings. The van der Waals surface area contributed by atoms with E-state index in [0.717, 1.165) is 0 Å². The van der Waals surface area contributed by atoms with E-state index in [2.05, 4.69) is 4.98 Å². The Morgan fingerprint density at radius 2 is 2.20 bits per heavy atom. The van der Waals surface area contributed by atoms with Gasteiger partial charge in [-0.2, -0.15) is 5.26 Å². The third-order valence-electron chi connectivity index (χ3n) is 1.77. The minimum Gasteiger partial charge on any atom is -0.486 e. The number of halogens is 2. The number of aryl methyl sites for hydroxylation is 2. The molecule has 80 valence electrons. The Morgan fingerprint density at radius 3 is 2.73 bits per heavy atom. The van der Waals surface area contributed by atoms with Crippen molar-refractivity contribution in [3.63, 3.8) is 0 Å². The minimum atomic E-state index is -2.55. The van der Waals surface area contributed by atoms with Gasteiger partial charge in [0.25, 0.3) is 6.43 Å². The Bertz CT molecular complexity index is 399. The van der Waals surface area contributed by atoms with E-state index in [1.165, 1.54) is 6.07 Å². The molecule has 0 aliphatic heterocycles. The Balaban J connectivity index is 3.00. The van der Waals surface area contributed by atoms with Crippen molar-refractivity contribution in [1.82, 2.24) is 4.98 Å². The predicted molar refractivity (Wildman–Crippen MR) is 49.9 cm³/mol. The fraction of sp³-hybridized carbons (Fsp3) is 0.400. The zero-order valence-electron chi connectivity index (χ0n) is 8.42. The van der Waals surface area contributed by atoms with Gasteiger partial charge in [-0.15, -0.1) is 0 Å². The van der Waals surface area contributed by atoms with E-state index in [-0.39, 0.29) is 11.3 Å². The quantitative estimate of drug-likeness (QED) is 0.771. The summed E-state index contributed by atoms with van der Waals surface area (Å²) in [5.41, 5.74) is 1.33. The molecule has 5 heteroatoms. The molecule has 0 spiro atoms. The highest BCUT2D eigenvalue weighted by molar-refractivity contribution is 5.46. The van der Waals surface area contributed by atoms with Crippen LogP contribution in [0, 0.1) is 25.2 Å². The fourth-order valence-electron chi connectivity index (χ4n) is 1.20. The Labute approximate surface area is 86.3 Å². The van der Waals surface area contributed by atoms with Crippen molar-refractivity contribution >= 4 is 0 Å². The summed E-state index contributed by atoms with van der Waals surface area (Å²) in [7, 11) is 0. The SMILES string of the molecule is Cc1cc(OCC(F)F)c(C#N)c(C)n1. The third-order valence-corrected chi connectivity index (χ3v) is 1.77. The molecule has 0 fully saturated rings. The molecule has 1 aromatic heterocycles. The zero-order valence-corrected chi connectivity index (χ0v) is 8.42. The molecular weight excluding hydrogens is 202 g/mol. The van der Waals surface area contributed by atoms with Crippen LogP contribution in [0.2, 0.25) is 0 Å². The topological polar surface area (TPSA) is 45.9 Å². The molecule has 0 bridgehead atoms. The highest BCUT2D eigenvalue weighted by atomic mass is 19.3. The number of ether oxygens (including phenoxy) is 1. The van der Waals surface area contributed by atoms with Crippen LogP contribution in [0.3, 0.4) is 0 Å². The van der Waals surface area contributed by atoms with Crippen molar-refractivity contribution in [3.8, 4) is 11.8 Å². The summed E-state index contributed by atoms with van der Waals surface area (Å²) in [5, 5.41) is 8.80. The maximum Gasteiger partial charge on any atom is 0.272 e. The number of rotatable bonds is 3. The molecule has 1 rings (SSSR count). The first-order chi connectivity index (χ1) is 7.04. The number of hydrogen-bond donors (Lipinski definition) is 0. The van der Waals surface area contributed by atoms with E-state index in [9.17, 15) is 8.78 Å². The number of nitrogens with zero attached hydrogens (tertiary/aromatic N) is 2. The van der Waals surface area contributed by atoms with Crippen LogP contribution in [-0.2, 0) is 0 Å². The number of nitriles is 1. The van der Waals surface area contributed by atoms with E-state index in [4.69, 9.17) is 10.00 Å². The molecule has 0 atom stereocenters. The van der Waals surface area contributed by atoms with E-state index in [0.29, 0.717) is 11.4 Å². The average Bonchev–Trinajstić information content (AvgIpc) is 2.13. The van der Waals surface area contributed by atoms with Crippen molar-refractivity contribution in [2.24, 2.45) is 0 Å². The molecule has 3 nitrogen and oxygen atoms in total. The third kappa shape index (κ3) is 2.88. The summed E-state index contributed by atoms with van der Waals surface area (Å²) in [6.07, 6.45) is -2.55. The molecule has 0 saturated heterocycles. The highest BCUT2D eigenvalue weighted by Crippen LogP contribution is 2.21. The van der Waals surface area contributed by atoms with Crippen molar-refractivity contribution in [2.75, 3.05) is 6.61 Å². The standard InChI is InChI=1S/C10H10F2N2O/c1-6-3-9(15-5-10(11)12)8(4-13)7(2)14-6/h3,10H,5H2,1-2H3. The smallest absolute Gasteiger partial charge is 0.272 e. The number of pyridine rings is 1. The van der Waals surface area contributed by atoms with Gasteiger partial charge in [-0.1, -0.05) is 0 Å². The first-order valence-electron chi connectivity index (χ1n) is 4.34. The maximum atomic E-state index is 11.9. The largest absolute Gasteiger partial charge is 0.486 e. The second kappa shape index (κ2) is 4.69. The normalized spacial score (nSPS) is 10.1. The summed E-state index contributed by atoms with van der Waals surface area (Å²) in [4.78, 5) is 4.04. The fourth-order valence-corrected chi connectivity index (χ4v) is 1.20. The van der Waals surface area contributed by atoms with Crippen LogP contribution < -0.4 is 4.74 Å². The Kier molecular flexibility index (Phi) is 3.56. The molecule has 1 heterocycles. The van der Waals surface area contributed by atoms with Gasteiger partial charge >= 0.3 is 0 Å². The Hall–Kier alpha value is -1.70. The lowest BCUT2D eigenvalue weighted by Crippen LogP contribution is -2.09. The van der Waals surface area contributed by atoms with Crippen molar-refractivity contribution < 1.29 is 13.5 Å². The minimum absolute atomic E-state index is 0.169. The van der Waals surface area contributed by atoms with Gasteiger partial charge < -0.3 is 4.74 Å². The van der Waals surface area contributed by atoms with Crippen LogP contribution in [0.4, 0.5) is 8.78 Å². The molecule has 0 saturated carbocycles. The van der Waals surface area contributed by atoms with Crippen LogP contribution in [-0.4, -0.2) is 18.0 Å². The zero-order chi connectivity index (χ0) is 11.4. The van der Waals surface area contributed by atoms with Crippen LogP contribution >= 0.6 is 0 Å². The van der Waals surface area contributed by atoms with E-state index in [1.807, 2.05) is 6.07 Å². The van der Waals surface area contributed by atoms with Crippen LogP contribution in [0.25, 0.3) is 0 Å². The summed E-state index contributed by atoms with van der Waals surface area (Å²) < 4.78 is 28.7. The summed E-state index contributed by atoms with van der Waals surface area (Å²) in [5.74, 6) is 0.169. The summed E-state index contributed by atoms with van der Waals surface area (Å²) in [6, 6.07) is 3.36. The van der Waals surface area contributed by atoms with Gasteiger partial charge in [0, 0.05) is 11.8 Å². The number of hydrogen-bond acceptors (Lipinski definition) is 3. The molecule has 0 radical (unpaired) electrons. The molecule has 15 heavy (non-hydrogen) atoms. The molecule has 1 aromatic rings. The van der Waals surface area contributed by atoms with E-state index >= 15 is 0 Å². The van der Waals surface area contributed by atoms with Crippen molar-refractivity contribution in [3.05, 3.63) is 23.0 Å².